The van der Waals surface area contributed by atoms with E-state index in [-0.39, 0.29) is 27.4 Å². The normalized spacial score (nSPS) is 14.2. The number of aromatic nitrogens is 1. The van der Waals surface area contributed by atoms with Crippen molar-refractivity contribution in [2.24, 2.45) is 0 Å². The average molecular weight is 727 g/mol. The minimum atomic E-state index is -0.689. The largest absolute Gasteiger partial charge is 0.310 e. The number of anilines is 3. The van der Waals surface area contributed by atoms with Crippen LogP contribution in [0.1, 0.15) is 16.4 Å². The second-order valence-corrected chi connectivity index (χ2v) is 13.3. The van der Waals surface area contributed by atoms with Gasteiger partial charge in [-0.25, -0.2) is 0 Å². The summed E-state index contributed by atoms with van der Waals surface area (Å²) in [4.78, 5) is 2.05. The monoisotopic (exact) mass is 726 g/mol. The van der Waals surface area contributed by atoms with Gasteiger partial charge in [-0.2, -0.15) is 0 Å². The number of benzene rings is 9. The van der Waals surface area contributed by atoms with Gasteiger partial charge in [0.25, 0.3) is 0 Å². The Hall–Kier alpha value is -7.42. The van der Waals surface area contributed by atoms with Crippen molar-refractivity contribution in [2.75, 3.05) is 4.90 Å². The van der Waals surface area contributed by atoms with Crippen molar-refractivity contribution in [1.82, 2.24) is 4.57 Å². The van der Waals surface area contributed by atoms with Crippen molar-refractivity contribution in [3.8, 4) is 50.2 Å². The molecule has 264 valence electrons. The van der Waals surface area contributed by atoms with Gasteiger partial charge in [-0.05, 0) is 105 Å². The molecular formula is C54H38N2. The van der Waals surface area contributed by atoms with Crippen LogP contribution >= 0.6 is 0 Å². The Kier molecular flexibility index (Phi) is 5.85. The number of para-hydroxylation sites is 2. The number of nitrogens with zero attached hydrogens (tertiary/aromatic N) is 2. The van der Waals surface area contributed by atoms with E-state index < -0.39 is 78.2 Å². The van der Waals surface area contributed by atoms with E-state index in [4.69, 9.17) is 12.3 Å². The SMILES string of the molecule is [2H]c1c([2H])c([2H])c(-n2c3c([2H])c([2H])c([2H])c([2H])c3c3c(-c4cccc(N(c5ccc(-c6ccccc6)cc5)c5ccc(-c6ccc(-c7ccccc7)cc6)cc5)c4)c([2H])c([2H])c([2H])c32)c([2H])c1[2H]. The summed E-state index contributed by atoms with van der Waals surface area (Å²) in [5, 5.41) is -0.121. The van der Waals surface area contributed by atoms with Crippen LogP contribution in [0.2, 0.25) is 0 Å². The van der Waals surface area contributed by atoms with Gasteiger partial charge in [0.15, 0.2) is 0 Å². The molecule has 0 aliphatic heterocycles. The fraction of sp³-hybridized carbons (Fsp3) is 0. The minimum Gasteiger partial charge on any atom is -0.310 e. The quantitative estimate of drug-likeness (QED) is 0.151. The van der Waals surface area contributed by atoms with E-state index in [9.17, 15) is 4.11 Å². The van der Waals surface area contributed by atoms with E-state index in [1.807, 2.05) is 114 Å². The van der Waals surface area contributed by atoms with E-state index in [0.29, 0.717) is 11.3 Å². The molecule has 0 amide bonds. The summed E-state index contributed by atoms with van der Waals surface area (Å²) in [6.07, 6.45) is 0. The molecule has 0 unspecified atom stereocenters. The maximum absolute atomic E-state index is 9.44. The molecule has 10 rings (SSSR count). The van der Waals surface area contributed by atoms with Crippen molar-refractivity contribution in [3.05, 3.63) is 230 Å². The summed E-state index contributed by atoms with van der Waals surface area (Å²) in [5.41, 5.74) is 8.10. The lowest BCUT2D eigenvalue weighted by Gasteiger charge is -2.26. The van der Waals surface area contributed by atoms with Crippen molar-refractivity contribution in [1.29, 1.82) is 0 Å². The molecule has 1 heterocycles. The summed E-state index contributed by atoms with van der Waals surface area (Å²) < 4.78 is 108. The standard InChI is InChI=1S/C54H38N2/c1-4-14-39(15-5-1)41-26-28-42(29-27-41)44-32-36-48(37-33-44)55(47-34-30-43(31-35-47)40-16-6-2-7-17-40)49-21-12-18-45(38-49)50-23-13-25-53-54(50)51-22-10-11-24-52(51)56(53)46-19-8-3-9-20-46/h1-38H/i3D,8D,9D,10D,11D,13D,19D,20D,22D,23D,24D,25D. The fourth-order valence-corrected chi connectivity index (χ4v) is 7.34. The predicted octanol–water partition coefficient (Wildman–Crippen LogP) is 14.9. The van der Waals surface area contributed by atoms with Gasteiger partial charge in [-0.15, -0.1) is 0 Å². The van der Waals surface area contributed by atoms with Gasteiger partial charge in [0.2, 0.25) is 0 Å². The van der Waals surface area contributed by atoms with Crippen molar-refractivity contribution in [3.63, 3.8) is 0 Å². The zero-order chi connectivity index (χ0) is 47.7. The first-order chi connectivity index (χ1) is 32.8. The lowest BCUT2D eigenvalue weighted by Crippen LogP contribution is -2.10. The van der Waals surface area contributed by atoms with Crippen LogP contribution in [0, 0.1) is 0 Å². The van der Waals surface area contributed by atoms with Gasteiger partial charge >= 0.3 is 0 Å². The number of fused-ring (bicyclic) bond motifs is 3. The van der Waals surface area contributed by atoms with E-state index in [0.717, 1.165) is 49.3 Å². The maximum atomic E-state index is 9.44. The molecule has 2 heteroatoms. The molecule has 0 radical (unpaired) electrons. The molecule has 1 aromatic heterocycles. The van der Waals surface area contributed by atoms with Crippen molar-refractivity contribution in [2.45, 2.75) is 0 Å². The smallest absolute Gasteiger partial charge is 0.0645 e. The second-order valence-electron chi connectivity index (χ2n) is 13.3. The third kappa shape index (κ3) is 6.14. The van der Waals surface area contributed by atoms with E-state index in [1.54, 1.807) is 12.1 Å². The number of hydrogen-bond acceptors (Lipinski definition) is 1. The lowest BCUT2D eigenvalue weighted by molar-refractivity contribution is 1.18. The first-order valence-electron chi connectivity index (χ1n) is 24.2. The van der Waals surface area contributed by atoms with Crippen LogP contribution in [0.3, 0.4) is 0 Å². The average Bonchev–Trinajstić information content (AvgIpc) is 3.72. The summed E-state index contributed by atoms with van der Waals surface area (Å²) in [7, 11) is 0. The molecule has 0 spiro atoms. The Labute approximate surface area is 344 Å². The van der Waals surface area contributed by atoms with Crippen LogP contribution < -0.4 is 4.90 Å². The third-order valence-electron chi connectivity index (χ3n) is 10.0. The zero-order valence-corrected chi connectivity index (χ0v) is 29.9. The first kappa shape index (κ1) is 22.7. The summed E-state index contributed by atoms with van der Waals surface area (Å²) >= 11 is 0. The van der Waals surface area contributed by atoms with E-state index in [2.05, 4.69) is 36.4 Å². The van der Waals surface area contributed by atoms with Gasteiger partial charge in [-0.1, -0.05) is 170 Å². The highest BCUT2D eigenvalue weighted by Crippen LogP contribution is 2.42. The number of hydrogen-bond donors (Lipinski definition) is 0. The van der Waals surface area contributed by atoms with Gasteiger partial charge in [0, 0.05) is 33.5 Å². The second kappa shape index (κ2) is 14.4. The maximum Gasteiger partial charge on any atom is 0.0645 e. The molecular weight excluding hydrogens is 677 g/mol. The molecule has 0 saturated carbocycles. The first-order valence-corrected chi connectivity index (χ1v) is 18.2. The van der Waals surface area contributed by atoms with Gasteiger partial charge in [0.1, 0.15) is 0 Å². The molecule has 9 aromatic carbocycles. The molecule has 0 bridgehead atoms. The topological polar surface area (TPSA) is 8.17 Å². The van der Waals surface area contributed by atoms with Crippen molar-refractivity contribution < 1.29 is 16.4 Å². The molecule has 0 fully saturated rings. The van der Waals surface area contributed by atoms with Crippen molar-refractivity contribution >= 4 is 38.9 Å². The molecule has 10 aromatic rings. The minimum absolute atomic E-state index is 0.00311. The molecule has 0 aliphatic rings. The highest BCUT2D eigenvalue weighted by Gasteiger charge is 2.18. The predicted molar refractivity (Wildman–Crippen MR) is 237 cm³/mol. The zero-order valence-electron chi connectivity index (χ0n) is 41.9. The van der Waals surface area contributed by atoms with Gasteiger partial charge in [-0.3, -0.25) is 0 Å². The molecule has 0 saturated heterocycles. The van der Waals surface area contributed by atoms with Crippen LogP contribution in [0.15, 0.2) is 230 Å². The fourth-order valence-electron chi connectivity index (χ4n) is 7.34. The lowest BCUT2D eigenvalue weighted by atomic mass is 9.98. The van der Waals surface area contributed by atoms with Crippen LogP contribution in [0.25, 0.3) is 72.0 Å². The van der Waals surface area contributed by atoms with Gasteiger partial charge in [0.05, 0.1) is 27.5 Å². The molecule has 2 nitrogen and oxygen atoms in total. The molecule has 56 heavy (non-hydrogen) atoms. The van der Waals surface area contributed by atoms with E-state index in [1.165, 1.54) is 0 Å². The van der Waals surface area contributed by atoms with Crippen LogP contribution in [0.5, 0.6) is 0 Å². The Balaban J connectivity index is 1.19. The highest BCUT2D eigenvalue weighted by atomic mass is 15.1. The molecule has 0 N–H and O–H groups in total. The van der Waals surface area contributed by atoms with Crippen LogP contribution in [-0.2, 0) is 0 Å². The summed E-state index contributed by atoms with van der Waals surface area (Å²) in [5.74, 6) is 0. The van der Waals surface area contributed by atoms with Gasteiger partial charge < -0.3 is 9.47 Å². The highest BCUT2D eigenvalue weighted by molar-refractivity contribution is 6.16. The Bertz CT molecular complexity index is 3590. The summed E-state index contributed by atoms with van der Waals surface area (Å²) in [6, 6.07) is 44.8. The number of rotatable bonds is 8. The summed E-state index contributed by atoms with van der Waals surface area (Å²) in [6.45, 7) is 0. The molecule has 0 aliphatic carbocycles. The van der Waals surface area contributed by atoms with Crippen LogP contribution in [-0.4, -0.2) is 4.57 Å². The molecule has 0 atom stereocenters. The Morgan fingerprint density at radius 2 is 0.839 bits per heavy atom. The van der Waals surface area contributed by atoms with Crippen LogP contribution in [0.4, 0.5) is 17.1 Å². The Morgan fingerprint density at radius 1 is 0.357 bits per heavy atom. The Morgan fingerprint density at radius 3 is 1.43 bits per heavy atom. The third-order valence-corrected chi connectivity index (χ3v) is 10.0. The van der Waals surface area contributed by atoms with E-state index >= 15 is 0 Å².